The van der Waals surface area contributed by atoms with Gasteiger partial charge in [0.2, 0.25) is 5.91 Å². The Bertz CT molecular complexity index is 905. The number of tetrazole rings is 1. The summed E-state index contributed by atoms with van der Waals surface area (Å²) in [7, 11) is 0. The van der Waals surface area contributed by atoms with Crippen molar-refractivity contribution in [2.75, 3.05) is 10.6 Å². The van der Waals surface area contributed by atoms with E-state index in [0.29, 0.717) is 12.2 Å². The molecule has 25 heavy (non-hydrogen) atoms. The van der Waals surface area contributed by atoms with Crippen LogP contribution in [0.4, 0.5) is 11.4 Å². The van der Waals surface area contributed by atoms with Gasteiger partial charge in [0, 0.05) is 17.8 Å². The number of anilines is 2. The highest BCUT2D eigenvalue weighted by Crippen LogP contribution is 2.28. The number of fused-ring (bicyclic) bond motifs is 1. The van der Waals surface area contributed by atoms with Crippen molar-refractivity contribution < 1.29 is 4.79 Å². The minimum atomic E-state index is -0.104. The lowest BCUT2D eigenvalue weighted by molar-refractivity contribution is -0.116. The zero-order valence-corrected chi connectivity index (χ0v) is 13.8. The van der Waals surface area contributed by atoms with Crippen molar-refractivity contribution in [3.05, 3.63) is 59.9 Å². The summed E-state index contributed by atoms with van der Waals surface area (Å²) in [5.74, 6) is 0.777. The van der Waals surface area contributed by atoms with Gasteiger partial charge < -0.3 is 10.6 Å². The van der Waals surface area contributed by atoms with Crippen LogP contribution in [-0.4, -0.2) is 26.1 Å². The molecule has 0 saturated carbocycles. The lowest BCUT2D eigenvalue weighted by atomic mass is 10.0. The number of hydrogen-bond donors (Lipinski definition) is 2. The third-order valence-electron chi connectivity index (χ3n) is 4.27. The molecule has 3 aromatic rings. The van der Waals surface area contributed by atoms with Crippen molar-refractivity contribution >= 4 is 17.3 Å². The zero-order valence-electron chi connectivity index (χ0n) is 13.8. The molecule has 4 rings (SSSR count). The number of benzene rings is 2. The number of aromatic nitrogens is 4. The van der Waals surface area contributed by atoms with Crippen molar-refractivity contribution in [2.24, 2.45) is 0 Å². The molecule has 126 valence electrons. The summed E-state index contributed by atoms with van der Waals surface area (Å²) in [5, 5.41) is 18.4. The molecule has 1 unspecified atom stereocenters. The number of rotatable bonds is 4. The SMILES string of the molecule is CC(Nc1ccc2c(c1)NC(=O)CC2)c1nnnn1-c1ccccc1. The fraction of sp³-hybridized carbons (Fsp3) is 0.222. The quantitative estimate of drug-likeness (QED) is 0.766. The minimum absolute atomic E-state index is 0.0609. The summed E-state index contributed by atoms with van der Waals surface area (Å²) in [4.78, 5) is 11.6. The highest BCUT2D eigenvalue weighted by atomic mass is 16.1. The fourth-order valence-corrected chi connectivity index (χ4v) is 2.99. The van der Waals surface area contributed by atoms with E-state index in [-0.39, 0.29) is 11.9 Å². The lowest BCUT2D eigenvalue weighted by Crippen LogP contribution is -2.19. The second kappa shape index (κ2) is 6.35. The summed E-state index contributed by atoms with van der Waals surface area (Å²) in [6.45, 7) is 2.00. The van der Waals surface area contributed by atoms with E-state index < -0.39 is 0 Å². The van der Waals surface area contributed by atoms with Gasteiger partial charge in [-0.1, -0.05) is 24.3 Å². The fourth-order valence-electron chi connectivity index (χ4n) is 2.99. The highest BCUT2D eigenvalue weighted by molar-refractivity contribution is 5.94. The van der Waals surface area contributed by atoms with Crippen molar-refractivity contribution in [1.82, 2.24) is 20.2 Å². The molecule has 7 nitrogen and oxygen atoms in total. The number of nitrogens with one attached hydrogen (secondary N) is 2. The summed E-state index contributed by atoms with van der Waals surface area (Å²) < 4.78 is 1.72. The maximum atomic E-state index is 11.6. The maximum absolute atomic E-state index is 11.6. The van der Waals surface area contributed by atoms with Gasteiger partial charge in [-0.25, -0.2) is 0 Å². The molecule has 7 heteroatoms. The Morgan fingerprint density at radius 2 is 2.00 bits per heavy atom. The molecule has 0 spiro atoms. The molecule has 2 heterocycles. The van der Waals surface area contributed by atoms with E-state index >= 15 is 0 Å². The van der Waals surface area contributed by atoms with Gasteiger partial charge >= 0.3 is 0 Å². The van der Waals surface area contributed by atoms with Gasteiger partial charge in [-0.3, -0.25) is 4.79 Å². The van der Waals surface area contributed by atoms with Crippen LogP contribution in [0.3, 0.4) is 0 Å². The normalized spacial score (nSPS) is 14.5. The summed E-state index contributed by atoms with van der Waals surface area (Å²) in [5.41, 5.74) is 3.85. The molecular formula is C18H18N6O. The van der Waals surface area contributed by atoms with E-state index in [9.17, 15) is 4.79 Å². The molecule has 0 radical (unpaired) electrons. The smallest absolute Gasteiger partial charge is 0.224 e. The number of nitrogens with zero attached hydrogens (tertiary/aromatic N) is 4. The Labute approximate surface area is 145 Å². The van der Waals surface area contributed by atoms with Crippen molar-refractivity contribution in [1.29, 1.82) is 0 Å². The van der Waals surface area contributed by atoms with Crippen LogP contribution >= 0.6 is 0 Å². The van der Waals surface area contributed by atoms with Crippen LogP contribution in [0.2, 0.25) is 0 Å². The molecular weight excluding hydrogens is 316 g/mol. The molecule has 2 N–H and O–H groups in total. The Kier molecular flexibility index (Phi) is 3.89. The molecule has 1 aromatic heterocycles. The summed E-state index contributed by atoms with van der Waals surface area (Å²) in [6.07, 6.45) is 1.32. The largest absolute Gasteiger partial charge is 0.375 e. The molecule has 0 fully saturated rings. The Morgan fingerprint density at radius 1 is 1.16 bits per heavy atom. The maximum Gasteiger partial charge on any atom is 0.224 e. The first-order valence-corrected chi connectivity index (χ1v) is 8.24. The molecule has 1 atom stereocenters. The van der Waals surface area contributed by atoms with Crippen LogP contribution < -0.4 is 10.6 Å². The van der Waals surface area contributed by atoms with Gasteiger partial charge in [0.05, 0.1) is 11.7 Å². The topological polar surface area (TPSA) is 84.7 Å². The number of amides is 1. The first kappa shape index (κ1) is 15.3. The Balaban J connectivity index is 1.57. The first-order chi connectivity index (χ1) is 12.2. The lowest BCUT2D eigenvalue weighted by Gasteiger charge is -2.20. The number of carbonyl (C=O) groups excluding carboxylic acids is 1. The third kappa shape index (κ3) is 3.08. The predicted molar refractivity (Wildman–Crippen MR) is 94.6 cm³/mol. The highest BCUT2D eigenvalue weighted by Gasteiger charge is 2.18. The number of carbonyl (C=O) groups is 1. The van der Waals surface area contributed by atoms with E-state index in [1.807, 2.05) is 55.5 Å². The first-order valence-electron chi connectivity index (χ1n) is 8.24. The van der Waals surface area contributed by atoms with Crippen molar-refractivity contribution in [2.45, 2.75) is 25.8 Å². The number of aryl methyl sites for hydroxylation is 1. The standard InChI is InChI=1S/C18H18N6O/c1-12(18-21-22-23-24(18)15-5-3-2-4-6-15)19-14-9-7-13-8-10-17(25)20-16(13)11-14/h2-7,9,11-12,19H,8,10H2,1H3,(H,20,25). The second-order valence-electron chi connectivity index (χ2n) is 6.07. The van der Waals surface area contributed by atoms with Gasteiger partial charge in [-0.2, -0.15) is 4.68 Å². The van der Waals surface area contributed by atoms with Gasteiger partial charge in [0.25, 0.3) is 0 Å². The predicted octanol–water partition coefficient (Wildman–Crippen LogP) is 2.72. The molecule has 0 aliphatic carbocycles. The van der Waals surface area contributed by atoms with E-state index in [0.717, 1.165) is 29.0 Å². The van der Waals surface area contributed by atoms with E-state index in [1.165, 1.54) is 0 Å². The van der Waals surface area contributed by atoms with Gasteiger partial charge in [0.15, 0.2) is 5.82 Å². The van der Waals surface area contributed by atoms with Gasteiger partial charge in [-0.15, -0.1) is 5.10 Å². The minimum Gasteiger partial charge on any atom is -0.375 e. The third-order valence-corrected chi connectivity index (χ3v) is 4.27. The van der Waals surface area contributed by atoms with Crippen molar-refractivity contribution in [3.8, 4) is 5.69 Å². The monoisotopic (exact) mass is 334 g/mol. The molecule has 1 aliphatic heterocycles. The van der Waals surface area contributed by atoms with E-state index in [2.05, 4.69) is 26.2 Å². The Morgan fingerprint density at radius 3 is 2.84 bits per heavy atom. The van der Waals surface area contributed by atoms with Gasteiger partial charge in [0.1, 0.15) is 0 Å². The number of para-hydroxylation sites is 1. The molecule has 1 amide bonds. The average Bonchev–Trinajstić information content (AvgIpc) is 3.12. The summed E-state index contributed by atoms with van der Waals surface area (Å²) >= 11 is 0. The molecule has 0 saturated heterocycles. The Hall–Kier alpha value is -3.22. The van der Waals surface area contributed by atoms with E-state index in [4.69, 9.17) is 0 Å². The molecule has 2 aromatic carbocycles. The van der Waals surface area contributed by atoms with Crippen LogP contribution in [0.25, 0.3) is 5.69 Å². The van der Waals surface area contributed by atoms with Crippen molar-refractivity contribution in [3.63, 3.8) is 0 Å². The van der Waals surface area contributed by atoms with Crippen LogP contribution in [0.1, 0.15) is 30.8 Å². The molecule has 0 bridgehead atoms. The molecule has 1 aliphatic rings. The van der Waals surface area contributed by atoms with Crippen LogP contribution in [0.5, 0.6) is 0 Å². The van der Waals surface area contributed by atoms with E-state index in [1.54, 1.807) is 4.68 Å². The second-order valence-corrected chi connectivity index (χ2v) is 6.07. The summed E-state index contributed by atoms with van der Waals surface area (Å²) in [6, 6.07) is 15.7. The van der Waals surface area contributed by atoms with Crippen LogP contribution in [0.15, 0.2) is 48.5 Å². The number of hydrogen-bond acceptors (Lipinski definition) is 5. The van der Waals surface area contributed by atoms with Crippen LogP contribution in [0, 0.1) is 0 Å². The van der Waals surface area contributed by atoms with Crippen LogP contribution in [-0.2, 0) is 11.2 Å². The van der Waals surface area contributed by atoms with Gasteiger partial charge in [-0.05, 0) is 53.6 Å². The zero-order chi connectivity index (χ0) is 17.2. The average molecular weight is 334 g/mol.